The number of unbranched alkanes of at least 4 members (excludes halogenated alkanes) is 8. The molecule has 0 aromatic carbocycles. The molecule has 0 rings (SSSR count). The molecule has 0 aromatic heterocycles. The van der Waals surface area contributed by atoms with Crippen LogP contribution in [0.1, 0.15) is 71.1 Å². The van der Waals surface area contributed by atoms with Crippen LogP contribution in [-0.2, 0) is 4.79 Å². The zero-order chi connectivity index (χ0) is 10.6. The van der Waals surface area contributed by atoms with Gasteiger partial charge in [-0.25, -0.2) is 0 Å². The molecule has 15 heavy (non-hydrogen) atoms. The van der Waals surface area contributed by atoms with Crippen molar-refractivity contribution in [1.29, 1.82) is 0 Å². The second-order valence-corrected chi connectivity index (χ2v) is 4.04. The Hall–Kier alpha value is 0.0674. The quantitative estimate of drug-likeness (QED) is 0.434. The van der Waals surface area contributed by atoms with Crippen LogP contribution in [-0.4, -0.2) is 24.8 Å². The second-order valence-electron chi connectivity index (χ2n) is 4.04. The summed E-state index contributed by atoms with van der Waals surface area (Å²) in [7, 11) is 0. The summed E-state index contributed by atoms with van der Waals surface area (Å²) in [5.74, 6) is -0.159. The summed E-state index contributed by atoms with van der Waals surface area (Å²) in [4.78, 5) is 10.4. The summed E-state index contributed by atoms with van der Waals surface area (Å²) in [6, 6.07) is 0. The van der Waals surface area contributed by atoms with Gasteiger partial charge in [0.25, 0.3) is 0 Å². The molecule has 0 saturated carbocycles. The standard InChI is InChI=1S/C12H25NO.Li.H/c1-2-3-4-5-6-7-8-9-10-11-12(13)14;;/h2-11H2,1H3,(H2,13,14);;. The molecule has 2 nitrogen and oxygen atoms in total. The first-order chi connectivity index (χ1) is 6.77. The van der Waals surface area contributed by atoms with Crippen LogP contribution in [0.4, 0.5) is 0 Å². The van der Waals surface area contributed by atoms with E-state index in [0.717, 1.165) is 12.8 Å². The molecule has 3 heteroatoms. The van der Waals surface area contributed by atoms with Crippen molar-refractivity contribution in [3.05, 3.63) is 0 Å². The Morgan fingerprint density at radius 2 is 1.27 bits per heavy atom. The van der Waals surface area contributed by atoms with Crippen molar-refractivity contribution >= 4 is 24.8 Å². The zero-order valence-corrected chi connectivity index (χ0v) is 9.56. The van der Waals surface area contributed by atoms with Gasteiger partial charge in [-0.15, -0.1) is 0 Å². The van der Waals surface area contributed by atoms with E-state index in [0.29, 0.717) is 6.42 Å². The minimum absolute atomic E-state index is 0. The molecule has 0 fully saturated rings. The first-order valence-electron chi connectivity index (χ1n) is 6.05. The molecule has 0 heterocycles. The van der Waals surface area contributed by atoms with Crippen LogP contribution in [0.15, 0.2) is 0 Å². The van der Waals surface area contributed by atoms with Crippen molar-refractivity contribution in [3.8, 4) is 0 Å². The van der Waals surface area contributed by atoms with Crippen LogP contribution in [0.5, 0.6) is 0 Å². The summed E-state index contributed by atoms with van der Waals surface area (Å²) >= 11 is 0. The number of primary amides is 1. The predicted octanol–water partition coefficient (Wildman–Crippen LogP) is 2.74. The summed E-state index contributed by atoms with van der Waals surface area (Å²) in [6.07, 6.45) is 12.1. The molecule has 0 saturated heterocycles. The molecular weight excluding hydrogens is 181 g/mol. The normalized spacial score (nSPS) is 9.67. The van der Waals surface area contributed by atoms with E-state index < -0.39 is 0 Å². The van der Waals surface area contributed by atoms with Crippen molar-refractivity contribution in [2.75, 3.05) is 0 Å². The minimum atomic E-state index is -0.159. The van der Waals surface area contributed by atoms with Gasteiger partial charge in [-0.2, -0.15) is 0 Å². The first kappa shape index (κ1) is 17.5. The molecular formula is C12H26LiNO. The Kier molecular flexibility index (Phi) is 16.4. The van der Waals surface area contributed by atoms with E-state index >= 15 is 0 Å². The molecule has 0 aliphatic heterocycles. The Labute approximate surface area is 107 Å². The van der Waals surface area contributed by atoms with Crippen molar-refractivity contribution in [1.82, 2.24) is 0 Å². The van der Waals surface area contributed by atoms with Gasteiger partial charge in [0, 0.05) is 6.42 Å². The number of carbonyl (C=O) groups is 1. The van der Waals surface area contributed by atoms with E-state index in [-0.39, 0.29) is 24.8 Å². The number of hydrogen-bond donors (Lipinski definition) is 1. The maximum absolute atomic E-state index is 10.4. The molecule has 0 unspecified atom stereocenters. The van der Waals surface area contributed by atoms with Gasteiger partial charge in [0.05, 0.1) is 0 Å². The fraction of sp³-hybridized carbons (Fsp3) is 0.917. The third kappa shape index (κ3) is 16.7. The van der Waals surface area contributed by atoms with Crippen LogP contribution in [0.2, 0.25) is 0 Å². The molecule has 0 aliphatic carbocycles. The Morgan fingerprint density at radius 3 is 1.67 bits per heavy atom. The van der Waals surface area contributed by atoms with Gasteiger partial charge in [0.15, 0.2) is 0 Å². The van der Waals surface area contributed by atoms with E-state index in [2.05, 4.69) is 6.92 Å². The van der Waals surface area contributed by atoms with E-state index in [4.69, 9.17) is 5.73 Å². The number of carbonyl (C=O) groups excluding carboxylic acids is 1. The average Bonchev–Trinajstić information content (AvgIpc) is 2.15. The predicted molar refractivity (Wildman–Crippen MR) is 68.2 cm³/mol. The number of rotatable bonds is 10. The molecule has 0 atom stereocenters. The van der Waals surface area contributed by atoms with Gasteiger partial charge < -0.3 is 5.73 Å². The van der Waals surface area contributed by atoms with Gasteiger partial charge in [0.1, 0.15) is 0 Å². The van der Waals surface area contributed by atoms with Crippen molar-refractivity contribution < 1.29 is 4.79 Å². The number of nitrogens with two attached hydrogens (primary N) is 1. The Morgan fingerprint density at radius 1 is 0.867 bits per heavy atom. The summed E-state index contributed by atoms with van der Waals surface area (Å²) in [6.45, 7) is 2.24. The van der Waals surface area contributed by atoms with Gasteiger partial charge in [-0.05, 0) is 6.42 Å². The van der Waals surface area contributed by atoms with Crippen molar-refractivity contribution in [3.63, 3.8) is 0 Å². The molecule has 0 aromatic rings. The van der Waals surface area contributed by atoms with E-state index in [9.17, 15) is 4.79 Å². The molecule has 2 N–H and O–H groups in total. The van der Waals surface area contributed by atoms with Gasteiger partial charge in [-0.1, -0.05) is 58.3 Å². The maximum atomic E-state index is 10.4. The number of hydrogen-bond acceptors (Lipinski definition) is 1. The molecule has 0 spiro atoms. The van der Waals surface area contributed by atoms with Crippen LogP contribution < -0.4 is 5.73 Å². The average molecular weight is 207 g/mol. The zero-order valence-electron chi connectivity index (χ0n) is 9.56. The van der Waals surface area contributed by atoms with Gasteiger partial charge in [-0.3, -0.25) is 4.79 Å². The van der Waals surface area contributed by atoms with Crippen LogP contribution >= 0.6 is 0 Å². The summed E-state index contributed by atoms with van der Waals surface area (Å²) in [5.41, 5.74) is 5.05. The Bertz CT molecular complexity index is 140. The third-order valence-corrected chi connectivity index (χ3v) is 2.53. The first-order valence-corrected chi connectivity index (χ1v) is 6.05. The molecule has 0 bridgehead atoms. The fourth-order valence-corrected chi connectivity index (χ4v) is 1.61. The van der Waals surface area contributed by atoms with Crippen molar-refractivity contribution in [2.45, 2.75) is 71.1 Å². The third-order valence-electron chi connectivity index (χ3n) is 2.53. The van der Waals surface area contributed by atoms with Gasteiger partial charge >= 0.3 is 18.9 Å². The molecule has 0 radical (unpaired) electrons. The summed E-state index contributed by atoms with van der Waals surface area (Å²) < 4.78 is 0. The molecule has 1 amide bonds. The monoisotopic (exact) mass is 207 g/mol. The second kappa shape index (κ2) is 14.1. The fourth-order valence-electron chi connectivity index (χ4n) is 1.61. The van der Waals surface area contributed by atoms with Crippen LogP contribution in [0, 0.1) is 0 Å². The number of amides is 1. The molecule has 86 valence electrons. The van der Waals surface area contributed by atoms with E-state index in [1.54, 1.807) is 0 Å². The van der Waals surface area contributed by atoms with Crippen LogP contribution in [0.25, 0.3) is 0 Å². The van der Waals surface area contributed by atoms with E-state index in [1.165, 1.54) is 44.9 Å². The SMILES string of the molecule is CCCCCCCCCCCC(N)=O.[LiH]. The van der Waals surface area contributed by atoms with Crippen LogP contribution in [0.3, 0.4) is 0 Å². The molecule has 0 aliphatic rings. The Balaban J connectivity index is 0. The van der Waals surface area contributed by atoms with Gasteiger partial charge in [0.2, 0.25) is 5.91 Å². The topological polar surface area (TPSA) is 43.1 Å². The van der Waals surface area contributed by atoms with Crippen molar-refractivity contribution in [2.24, 2.45) is 5.73 Å². The summed E-state index contributed by atoms with van der Waals surface area (Å²) in [5, 5.41) is 0. The van der Waals surface area contributed by atoms with E-state index in [1.807, 2.05) is 0 Å².